The summed E-state index contributed by atoms with van der Waals surface area (Å²) in [6.45, 7) is 2.45. The van der Waals surface area contributed by atoms with Crippen LogP contribution in [0.4, 0.5) is 5.69 Å². The first-order chi connectivity index (χ1) is 24.8. The fraction of sp³-hybridized carbons (Fsp3) is 0.457. The Bertz CT molecular complexity index is 1510. The third-order valence-electron chi connectivity index (χ3n) is 7.91. The van der Waals surface area contributed by atoms with Crippen LogP contribution in [0.3, 0.4) is 0 Å². The van der Waals surface area contributed by atoms with Crippen molar-refractivity contribution in [3.05, 3.63) is 65.7 Å². The summed E-state index contributed by atoms with van der Waals surface area (Å²) >= 11 is 0. The topological polar surface area (TPSA) is 309 Å². The summed E-state index contributed by atoms with van der Waals surface area (Å²) in [6, 6.07) is 10.3. The van der Waals surface area contributed by atoms with E-state index in [4.69, 9.17) is 28.7 Å². The third kappa shape index (κ3) is 15.9. The average Bonchev–Trinajstić information content (AvgIpc) is 3.11. The van der Waals surface area contributed by atoms with E-state index in [0.717, 1.165) is 6.42 Å². The average molecular weight is 724 g/mol. The van der Waals surface area contributed by atoms with Crippen LogP contribution in [0.2, 0.25) is 0 Å². The van der Waals surface area contributed by atoms with E-state index in [1.807, 2.05) is 6.92 Å². The van der Waals surface area contributed by atoms with Crippen molar-refractivity contribution in [3.8, 4) is 0 Å². The van der Waals surface area contributed by atoms with Gasteiger partial charge in [0.1, 0.15) is 24.2 Å². The Morgan fingerprint density at radius 2 is 1.21 bits per heavy atom. The molecule has 4 amide bonds. The van der Waals surface area contributed by atoms with Crippen molar-refractivity contribution in [1.82, 2.24) is 21.3 Å². The van der Waals surface area contributed by atoms with Crippen LogP contribution in [0.5, 0.6) is 0 Å². The van der Waals surface area contributed by atoms with Gasteiger partial charge in [-0.3, -0.25) is 24.2 Å². The molecule has 17 nitrogen and oxygen atoms in total. The van der Waals surface area contributed by atoms with Crippen molar-refractivity contribution in [2.45, 2.75) is 88.9 Å². The number of amides is 4. The molecule has 0 radical (unpaired) electrons. The minimum atomic E-state index is -1.36. The molecule has 17 heteroatoms. The molecule has 4 atom stereocenters. The van der Waals surface area contributed by atoms with Crippen molar-refractivity contribution in [3.63, 3.8) is 0 Å². The number of carbonyl (C=O) groups excluding carboxylic acids is 4. The number of nitrogens with two attached hydrogens (primary N) is 5. The highest BCUT2D eigenvalue weighted by molar-refractivity contribution is 5.99. The number of hydrogen-bond acceptors (Lipinski definition) is 8. The van der Waals surface area contributed by atoms with Crippen molar-refractivity contribution in [1.29, 1.82) is 0 Å². The highest BCUT2D eigenvalue weighted by Crippen LogP contribution is 2.15. The molecule has 0 saturated carbocycles. The number of nitrogens with zero attached hydrogens (tertiary/aromatic N) is 2. The largest absolute Gasteiger partial charge is 0.480 e. The van der Waals surface area contributed by atoms with E-state index in [1.54, 1.807) is 54.6 Å². The zero-order chi connectivity index (χ0) is 38.5. The van der Waals surface area contributed by atoms with Gasteiger partial charge in [0, 0.05) is 18.5 Å². The van der Waals surface area contributed by atoms with E-state index in [-0.39, 0.29) is 44.1 Å². The highest BCUT2D eigenvalue weighted by atomic mass is 16.4. The monoisotopic (exact) mass is 723 g/mol. The van der Waals surface area contributed by atoms with Crippen LogP contribution in [0.15, 0.2) is 64.6 Å². The second-order valence-electron chi connectivity index (χ2n) is 12.2. The third-order valence-corrected chi connectivity index (χ3v) is 7.91. The molecule has 0 bridgehead atoms. The van der Waals surface area contributed by atoms with E-state index >= 15 is 0 Å². The number of carboxylic acid groups (broad SMARTS) is 1. The van der Waals surface area contributed by atoms with Gasteiger partial charge >= 0.3 is 5.97 Å². The summed E-state index contributed by atoms with van der Waals surface area (Å²) < 4.78 is 0. The van der Waals surface area contributed by atoms with Crippen molar-refractivity contribution < 1.29 is 29.1 Å². The SMILES string of the molecule is CCCC[C@H](NC(=O)c1ccccc1)C(=O)N[C@@H](CCCCN)C(=O)N[C@@H](CCCN=C(N)N)C(=O)N[C@@H](Cc1ccc(N=C(N)N)cc1)C(=O)O. The smallest absolute Gasteiger partial charge is 0.326 e. The van der Waals surface area contributed by atoms with E-state index in [9.17, 15) is 29.1 Å². The van der Waals surface area contributed by atoms with Crippen LogP contribution in [0.25, 0.3) is 0 Å². The molecule has 0 unspecified atom stereocenters. The van der Waals surface area contributed by atoms with Crippen LogP contribution in [0, 0.1) is 0 Å². The Hall–Kier alpha value is -5.71. The second-order valence-corrected chi connectivity index (χ2v) is 12.2. The molecule has 0 spiro atoms. The lowest BCUT2D eigenvalue weighted by Crippen LogP contribution is -2.58. The van der Waals surface area contributed by atoms with Crippen molar-refractivity contribution in [2.24, 2.45) is 38.7 Å². The number of nitrogens with one attached hydrogen (secondary N) is 4. The first-order valence-electron chi connectivity index (χ1n) is 17.3. The Morgan fingerprint density at radius 1 is 0.673 bits per heavy atom. The van der Waals surface area contributed by atoms with Crippen molar-refractivity contribution in [2.75, 3.05) is 13.1 Å². The fourth-order valence-corrected chi connectivity index (χ4v) is 5.15. The molecular formula is C35H53N11O6. The van der Waals surface area contributed by atoms with Crippen LogP contribution in [0.1, 0.15) is 74.2 Å². The summed E-state index contributed by atoms with van der Waals surface area (Å²) in [5, 5.41) is 20.7. The molecule has 0 aromatic heterocycles. The molecule has 0 saturated heterocycles. The molecule has 0 heterocycles. The Labute approximate surface area is 303 Å². The highest BCUT2D eigenvalue weighted by Gasteiger charge is 2.31. The lowest BCUT2D eigenvalue weighted by atomic mass is 10.0. The van der Waals surface area contributed by atoms with Gasteiger partial charge < -0.3 is 55.0 Å². The van der Waals surface area contributed by atoms with Gasteiger partial charge in [0.15, 0.2) is 11.9 Å². The molecule has 2 aromatic rings. The molecule has 0 aliphatic rings. The molecule has 0 aliphatic heterocycles. The van der Waals surface area contributed by atoms with Crippen LogP contribution >= 0.6 is 0 Å². The van der Waals surface area contributed by atoms with E-state index < -0.39 is 53.8 Å². The molecule has 0 aliphatic carbocycles. The maximum atomic E-state index is 13.8. The zero-order valence-electron chi connectivity index (χ0n) is 29.6. The second kappa shape index (κ2) is 22.9. The first kappa shape index (κ1) is 42.5. The molecule has 15 N–H and O–H groups in total. The minimum absolute atomic E-state index is 0.0453. The Morgan fingerprint density at radius 3 is 1.73 bits per heavy atom. The summed E-state index contributed by atoms with van der Waals surface area (Å²) in [5.41, 5.74) is 28.8. The van der Waals surface area contributed by atoms with Crippen LogP contribution < -0.4 is 49.9 Å². The first-order valence-corrected chi connectivity index (χ1v) is 17.3. The van der Waals surface area contributed by atoms with Gasteiger partial charge in [0.25, 0.3) is 5.91 Å². The number of unbranched alkanes of at least 4 members (excludes halogenated alkanes) is 2. The zero-order valence-corrected chi connectivity index (χ0v) is 29.6. The van der Waals surface area contributed by atoms with Gasteiger partial charge in [-0.15, -0.1) is 0 Å². The predicted molar refractivity (Wildman–Crippen MR) is 199 cm³/mol. The molecule has 284 valence electrons. The van der Waals surface area contributed by atoms with Crippen LogP contribution in [-0.2, 0) is 25.6 Å². The summed E-state index contributed by atoms with van der Waals surface area (Å²) in [6.07, 6.45) is 3.21. The molecule has 2 rings (SSSR count). The van der Waals surface area contributed by atoms with Gasteiger partial charge in [-0.05, 0) is 74.9 Å². The standard InChI is InChI=1S/C35H53N11O6/c1-2-3-12-25(43-29(47)23-10-5-4-6-11-23)30(48)44-26(13-7-8-19-36)31(49)45-27(14-9-20-41-34(37)38)32(50)46-28(33(51)52)21-22-15-17-24(18-16-22)42-35(39)40/h4-6,10-11,15-18,25-28H,2-3,7-9,12-14,19-21,36H2,1H3,(H,43,47)(H,44,48)(H,45,49)(H,46,50)(H,51,52)(H4,37,38,41)(H4,39,40,42)/t25-,26-,27-,28-/m0/s1. The number of rotatable bonds is 23. The number of aliphatic carboxylic acids is 1. The summed E-state index contributed by atoms with van der Waals surface area (Å²) in [5.74, 6) is -4.00. The fourth-order valence-electron chi connectivity index (χ4n) is 5.15. The number of carboxylic acids is 1. The number of benzene rings is 2. The molecule has 2 aromatic carbocycles. The summed E-state index contributed by atoms with van der Waals surface area (Å²) in [4.78, 5) is 74.0. The van der Waals surface area contributed by atoms with Gasteiger partial charge in [-0.25, -0.2) is 9.79 Å². The predicted octanol–water partition coefficient (Wildman–Crippen LogP) is -0.156. The number of aliphatic imine (C=N–C) groups is 2. The van der Waals surface area contributed by atoms with E-state index in [0.29, 0.717) is 49.0 Å². The molecular weight excluding hydrogens is 670 g/mol. The van der Waals surface area contributed by atoms with Gasteiger partial charge in [-0.1, -0.05) is 50.1 Å². The van der Waals surface area contributed by atoms with E-state index in [2.05, 4.69) is 31.3 Å². The van der Waals surface area contributed by atoms with Gasteiger partial charge in [-0.2, -0.15) is 0 Å². The summed E-state index contributed by atoms with van der Waals surface area (Å²) in [7, 11) is 0. The molecule has 52 heavy (non-hydrogen) atoms. The van der Waals surface area contributed by atoms with Gasteiger partial charge in [0.2, 0.25) is 17.7 Å². The Kier molecular flexibility index (Phi) is 18.7. The van der Waals surface area contributed by atoms with Gasteiger partial charge in [0.05, 0.1) is 5.69 Å². The number of hydrogen-bond donors (Lipinski definition) is 10. The quantitative estimate of drug-likeness (QED) is 0.0408. The maximum absolute atomic E-state index is 13.8. The Balaban J connectivity index is 2.28. The number of carbonyl (C=O) groups is 5. The normalized spacial score (nSPS) is 13.0. The van der Waals surface area contributed by atoms with Crippen molar-refractivity contribution >= 4 is 47.2 Å². The lowest BCUT2D eigenvalue weighted by Gasteiger charge is -2.26. The minimum Gasteiger partial charge on any atom is -0.480 e. The number of guanidine groups is 2. The maximum Gasteiger partial charge on any atom is 0.326 e. The van der Waals surface area contributed by atoms with E-state index in [1.165, 1.54) is 0 Å². The lowest BCUT2D eigenvalue weighted by molar-refractivity contribution is -0.142. The molecule has 0 fully saturated rings. The van der Waals surface area contributed by atoms with Crippen LogP contribution in [-0.4, -0.2) is 83.9 Å².